The van der Waals surface area contributed by atoms with E-state index in [-0.39, 0.29) is 5.97 Å². The molecular formula is C26H35N3O2. The molecule has 2 heterocycles. The minimum absolute atomic E-state index is 0.217. The molecule has 5 nitrogen and oxygen atoms in total. The predicted molar refractivity (Wildman–Crippen MR) is 126 cm³/mol. The van der Waals surface area contributed by atoms with Crippen LogP contribution in [-0.2, 0) is 37.1 Å². The highest BCUT2D eigenvalue weighted by Gasteiger charge is 2.24. The van der Waals surface area contributed by atoms with E-state index in [1.54, 1.807) is 0 Å². The molecule has 0 spiro atoms. The number of hydrogen-bond donors (Lipinski definition) is 2. The first-order valence-electron chi connectivity index (χ1n) is 11.5. The van der Waals surface area contributed by atoms with Crippen molar-refractivity contribution in [2.45, 2.75) is 52.1 Å². The van der Waals surface area contributed by atoms with Crippen LogP contribution in [0.15, 0.2) is 24.3 Å². The number of carbonyl (C=O) groups is 1. The third-order valence-electron chi connectivity index (χ3n) is 6.89. The topological polar surface area (TPSA) is 53.6 Å². The summed E-state index contributed by atoms with van der Waals surface area (Å²) in [6, 6.07) is 9.05. The molecule has 4 rings (SSSR count). The molecule has 1 atom stereocenters. The maximum atomic E-state index is 12.4. The van der Waals surface area contributed by atoms with E-state index in [9.17, 15) is 4.79 Å². The third kappa shape index (κ3) is 4.48. The molecule has 0 aliphatic carbocycles. The van der Waals surface area contributed by atoms with Gasteiger partial charge in [0.1, 0.15) is 0 Å². The zero-order valence-corrected chi connectivity index (χ0v) is 19.3. The molecule has 0 saturated heterocycles. The number of aryl methyl sites for hydroxylation is 1. The summed E-state index contributed by atoms with van der Waals surface area (Å²) in [6.07, 6.45) is 3.01. The van der Waals surface area contributed by atoms with Gasteiger partial charge in [0.2, 0.25) is 0 Å². The van der Waals surface area contributed by atoms with Gasteiger partial charge in [0.25, 0.3) is 0 Å². The standard InChI is InChI=1S/C26H35N3O2/c1-5-18-10-21-16-29(9-7-23(21)25(11-18)27-3)15-17(2)19-12-20-14-28-8-6-22(20)24(13-19)26(30)31-4/h10-13,17,27-28H,5-9,14-16H2,1-4H3. The van der Waals surface area contributed by atoms with Gasteiger partial charge < -0.3 is 15.4 Å². The molecule has 31 heavy (non-hydrogen) atoms. The summed E-state index contributed by atoms with van der Waals surface area (Å²) in [5.41, 5.74) is 9.97. The number of ether oxygens (including phenoxy) is 1. The zero-order valence-electron chi connectivity index (χ0n) is 19.3. The van der Waals surface area contributed by atoms with Crippen LogP contribution in [0, 0.1) is 0 Å². The Balaban J connectivity index is 1.55. The van der Waals surface area contributed by atoms with E-state index in [0.29, 0.717) is 5.92 Å². The molecule has 2 aliphatic rings. The Hall–Kier alpha value is -2.37. The molecule has 0 bridgehead atoms. The summed E-state index contributed by atoms with van der Waals surface area (Å²) in [5, 5.41) is 6.83. The molecule has 2 N–H and O–H groups in total. The highest BCUT2D eigenvalue weighted by Crippen LogP contribution is 2.31. The van der Waals surface area contributed by atoms with Gasteiger partial charge in [-0.05, 0) is 77.2 Å². The Bertz CT molecular complexity index is 970. The van der Waals surface area contributed by atoms with Crippen molar-refractivity contribution in [3.05, 3.63) is 63.2 Å². The number of hydrogen-bond acceptors (Lipinski definition) is 5. The molecule has 2 aliphatic heterocycles. The highest BCUT2D eigenvalue weighted by atomic mass is 16.5. The second-order valence-corrected chi connectivity index (χ2v) is 8.90. The van der Waals surface area contributed by atoms with Gasteiger partial charge in [-0.3, -0.25) is 4.90 Å². The lowest BCUT2D eigenvalue weighted by atomic mass is 9.88. The van der Waals surface area contributed by atoms with Gasteiger partial charge in [0.05, 0.1) is 12.7 Å². The van der Waals surface area contributed by atoms with Crippen molar-refractivity contribution >= 4 is 11.7 Å². The first-order chi connectivity index (χ1) is 15.0. The van der Waals surface area contributed by atoms with Crippen molar-refractivity contribution in [1.82, 2.24) is 10.2 Å². The second-order valence-electron chi connectivity index (χ2n) is 8.90. The zero-order chi connectivity index (χ0) is 22.0. The Morgan fingerprint density at radius 2 is 2.03 bits per heavy atom. The Labute approximate surface area is 186 Å². The third-order valence-corrected chi connectivity index (χ3v) is 6.89. The summed E-state index contributed by atoms with van der Waals surface area (Å²) < 4.78 is 5.09. The lowest BCUT2D eigenvalue weighted by Crippen LogP contribution is -2.34. The lowest BCUT2D eigenvalue weighted by molar-refractivity contribution is 0.0599. The minimum atomic E-state index is -0.217. The van der Waals surface area contributed by atoms with E-state index in [1.807, 2.05) is 7.05 Å². The van der Waals surface area contributed by atoms with E-state index in [4.69, 9.17) is 4.74 Å². The first-order valence-corrected chi connectivity index (χ1v) is 11.5. The highest BCUT2D eigenvalue weighted by molar-refractivity contribution is 5.92. The fourth-order valence-electron chi connectivity index (χ4n) is 5.12. The minimum Gasteiger partial charge on any atom is -0.465 e. The number of benzene rings is 2. The van der Waals surface area contributed by atoms with Crippen LogP contribution in [0.4, 0.5) is 5.69 Å². The molecule has 1 unspecified atom stereocenters. The van der Waals surface area contributed by atoms with Crippen molar-refractivity contribution < 1.29 is 9.53 Å². The number of nitrogens with zero attached hydrogens (tertiary/aromatic N) is 1. The van der Waals surface area contributed by atoms with Gasteiger partial charge in [-0.2, -0.15) is 0 Å². The van der Waals surface area contributed by atoms with Gasteiger partial charge in [0, 0.05) is 38.9 Å². The van der Waals surface area contributed by atoms with Gasteiger partial charge in [-0.1, -0.05) is 26.0 Å². The molecule has 0 amide bonds. The largest absolute Gasteiger partial charge is 0.465 e. The number of nitrogens with one attached hydrogen (secondary N) is 2. The average molecular weight is 422 g/mol. The summed E-state index contributed by atoms with van der Waals surface area (Å²) in [6.45, 7) is 9.25. The Kier molecular flexibility index (Phi) is 6.63. The molecule has 0 aromatic heterocycles. The summed E-state index contributed by atoms with van der Waals surface area (Å²) in [5.74, 6) is 0.126. The van der Waals surface area contributed by atoms with Gasteiger partial charge in [0.15, 0.2) is 0 Å². The fraction of sp³-hybridized carbons (Fsp3) is 0.500. The quantitative estimate of drug-likeness (QED) is 0.693. The van der Waals surface area contributed by atoms with Crippen molar-refractivity contribution in [3.63, 3.8) is 0 Å². The Morgan fingerprint density at radius 3 is 2.77 bits per heavy atom. The van der Waals surface area contributed by atoms with Crippen LogP contribution >= 0.6 is 0 Å². The van der Waals surface area contributed by atoms with E-state index >= 15 is 0 Å². The molecule has 2 aromatic carbocycles. The van der Waals surface area contributed by atoms with E-state index < -0.39 is 0 Å². The number of carbonyl (C=O) groups excluding carboxylic acids is 1. The number of esters is 1. The van der Waals surface area contributed by atoms with Gasteiger partial charge in [-0.25, -0.2) is 4.79 Å². The number of rotatable bonds is 6. The van der Waals surface area contributed by atoms with E-state index in [1.165, 1.54) is 40.6 Å². The molecular weight excluding hydrogens is 386 g/mol. The van der Waals surface area contributed by atoms with Crippen molar-refractivity contribution in [3.8, 4) is 0 Å². The maximum absolute atomic E-state index is 12.4. The number of fused-ring (bicyclic) bond motifs is 2. The van der Waals surface area contributed by atoms with Crippen LogP contribution < -0.4 is 10.6 Å². The maximum Gasteiger partial charge on any atom is 0.338 e. The SMILES string of the molecule is CCc1cc2c(c(NC)c1)CCN(CC(C)c1cc3c(c(C(=O)OC)c1)CCNC3)C2. The second kappa shape index (κ2) is 9.41. The molecule has 0 fully saturated rings. The molecule has 0 saturated carbocycles. The Morgan fingerprint density at radius 1 is 1.19 bits per heavy atom. The fourth-order valence-corrected chi connectivity index (χ4v) is 5.12. The predicted octanol–water partition coefficient (Wildman–Crippen LogP) is 3.88. The van der Waals surface area contributed by atoms with Crippen molar-refractivity contribution in [2.75, 3.05) is 39.1 Å². The number of methoxy groups -OCH3 is 1. The van der Waals surface area contributed by atoms with E-state index in [0.717, 1.165) is 63.1 Å². The lowest BCUT2D eigenvalue weighted by Gasteiger charge is -2.33. The summed E-state index contributed by atoms with van der Waals surface area (Å²) in [4.78, 5) is 15.0. The monoisotopic (exact) mass is 421 g/mol. The van der Waals surface area contributed by atoms with Crippen LogP contribution in [0.25, 0.3) is 0 Å². The van der Waals surface area contributed by atoms with Crippen LogP contribution in [0.5, 0.6) is 0 Å². The van der Waals surface area contributed by atoms with Gasteiger partial charge in [-0.15, -0.1) is 0 Å². The smallest absolute Gasteiger partial charge is 0.338 e. The molecule has 0 radical (unpaired) electrons. The van der Waals surface area contributed by atoms with Crippen LogP contribution in [-0.4, -0.2) is 44.7 Å². The molecule has 2 aromatic rings. The van der Waals surface area contributed by atoms with Crippen molar-refractivity contribution in [2.24, 2.45) is 0 Å². The molecule has 5 heteroatoms. The average Bonchev–Trinajstić information content (AvgIpc) is 2.81. The van der Waals surface area contributed by atoms with Crippen LogP contribution in [0.1, 0.15) is 63.5 Å². The summed E-state index contributed by atoms with van der Waals surface area (Å²) in [7, 11) is 3.49. The number of anilines is 1. The normalized spacial score (nSPS) is 16.9. The molecule has 166 valence electrons. The van der Waals surface area contributed by atoms with Crippen LogP contribution in [0.3, 0.4) is 0 Å². The van der Waals surface area contributed by atoms with Gasteiger partial charge >= 0.3 is 5.97 Å². The first kappa shape index (κ1) is 21.8. The van der Waals surface area contributed by atoms with Crippen LogP contribution in [0.2, 0.25) is 0 Å². The van der Waals surface area contributed by atoms with Crippen molar-refractivity contribution in [1.29, 1.82) is 0 Å². The summed E-state index contributed by atoms with van der Waals surface area (Å²) >= 11 is 0. The van der Waals surface area contributed by atoms with E-state index in [2.05, 4.69) is 53.6 Å².